The van der Waals surface area contributed by atoms with E-state index >= 15 is 0 Å². The molecule has 0 saturated carbocycles. The van der Waals surface area contributed by atoms with Gasteiger partial charge in [0.2, 0.25) is 0 Å². The van der Waals surface area contributed by atoms with E-state index in [0.717, 1.165) is 0 Å². The Hall–Kier alpha value is 0.509. The van der Waals surface area contributed by atoms with E-state index in [1.54, 1.807) is 11.9 Å². The number of hydrogen-bond donors (Lipinski definition) is 0. The van der Waals surface area contributed by atoms with Crippen LogP contribution in [0, 0.1) is 0 Å². The first-order valence-electron chi connectivity index (χ1n) is 4.32. The summed E-state index contributed by atoms with van der Waals surface area (Å²) in [5, 5.41) is 0. The Morgan fingerprint density at radius 2 is 1.64 bits per heavy atom. The van der Waals surface area contributed by atoms with E-state index in [9.17, 15) is 13.2 Å². The molecule has 0 aliphatic rings. The molecule has 0 saturated heterocycles. The van der Waals surface area contributed by atoms with Crippen LogP contribution in [-0.4, -0.2) is 59.3 Å². The van der Waals surface area contributed by atoms with Crippen LogP contribution in [0.4, 0.5) is 13.2 Å². The number of hydrogen-bond acceptors (Lipinski definition) is 2. The molecule has 0 aliphatic carbocycles. The fourth-order valence-corrected chi connectivity index (χ4v) is 2.07. The fourth-order valence-electron chi connectivity index (χ4n) is 1.12. The van der Waals surface area contributed by atoms with Gasteiger partial charge in [0, 0.05) is 0 Å². The average molecular weight is 317 g/mol. The van der Waals surface area contributed by atoms with Crippen LogP contribution in [0.2, 0.25) is 0 Å². The summed E-state index contributed by atoms with van der Waals surface area (Å²) in [6.45, 7) is 5.24. The van der Waals surface area contributed by atoms with Crippen molar-refractivity contribution in [2.75, 3.05) is 7.05 Å². The quantitative estimate of drug-likeness (QED) is 0.733. The van der Waals surface area contributed by atoms with Crippen LogP contribution in [0.5, 0.6) is 0 Å². The van der Waals surface area contributed by atoms with E-state index in [4.69, 9.17) is 0 Å². The van der Waals surface area contributed by atoms with Crippen LogP contribution in [0.25, 0.3) is 0 Å². The summed E-state index contributed by atoms with van der Waals surface area (Å²) in [7, 11) is 1.67. The Bertz CT molecular complexity index is 174. The van der Waals surface area contributed by atoms with E-state index in [2.05, 4.69) is 3.07 Å². The third-order valence-electron chi connectivity index (χ3n) is 2.34. The van der Waals surface area contributed by atoms with Crippen LogP contribution >= 0.6 is 0 Å². The predicted molar refractivity (Wildman–Crippen MR) is 49.0 cm³/mol. The molecule has 3 radical (unpaired) electrons. The number of nitrogens with zero attached hydrogens (tertiary/aromatic N) is 1. The zero-order valence-electron chi connectivity index (χ0n) is 8.72. The summed E-state index contributed by atoms with van der Waals surface area (Å²) in [5.74, 6) is 0. The van der Waals surface area contributed by atoms with Crippen molar-refractivity contribution < 1.29 is 16.2 Å². The molecule has 2 nitrogen and oxygen atoms in total. The van der Waals surface area contributed by atoms with Gasteiger partial charge in [-0.1, -0.05) is 0 Å². The summed E-state index contributed by atoms with van der Waals surface area (Å²) in [6, 6.07) is -0.588. The van der Waals surface area contributed by atoms with Gasteiger partial charge in [-0.2, -0.15) is 0 Å². The molecule has 2 unspecified atom stereocenters. The van der Waals surface area contributed by atoms with Crippen molar-refractivity contribution in [2.45, 2.75) is 45.1 Å². The molecular weight excluding hydrogens is 302 g/mol. The van der Waals surface area contributed by atoms with Crippen molar-refractivity contribution in [3.05, 3.63) is 0 Å². The second-order valence-electron chi connectivity index (χ2n) is 3.58. The van der Waals surface area contributed by atoms with E-state index in [1.165, 1.54) is 6.92 Å². The van der Waals surface area contributed by atoms with Crippen molar-refractivity contribution in [1.29, 1.82) is 0 Å². The van der Waals surface area contributed by atoms with Gasteiger partial charge < -0.3 is 0 Å². The summed E-state index contributed by atoms with van der Waals surface area (Å²) < 4.78 is 41.9. The molecule has 0 bridgehead atoms. The van der Waals surface area contributed by atoms with Crippen molar-refractivity contribution in [3.8, 4) is 0 Å². The topological polar surface area (TPSA) is 12.5 Å². The van der Waals surface area contributed by atoms with E-state index < -0.39 is 18.3 Å². The molecule has 0 aliphatic heterocycles. The number of halogens is 3. The van der Waals surface area contributed by atoms with Crippen LogP contribution in [0.15, 0.2) is 0 Å². The molecule has 0 N–H and O–H groups in total. The van der Waals surface area contributed by atoms with Crippen LogP contribution in [0.1, 0.15) is 20.8 Å². The Morgan fingerprint density at radius 3 is 1.86 bits per heavy atom. The third-order valence-corrected chi connectivity index (χ3v) is 3.07. The van der Waals surface area contributed by atoms with Crippen LogP contribution < -0.4 is 0 Å². The maximum absolute atomic E-state index is 12.5. The third kappa shape index (κ3) is 3.94. The van der Waals surface area contributed by atoms with Gasteiger partial charge >= 0.3 is 96.3 Å². The standard InChI is InChI=1S/C8H15F3NO.Sn/c1-5(2)12(4)6(3)7(13)8(9,10)11;/h5-7H,1-4H3;/q-1;+1. The predicted octanol–water partition coefficient (Wildman–Crippen LogP) is 1.75. The van der Waals surface area contributed by atoms with Gasteiger partial charge in [0.15, 0.2) is 0 Å². The molecule has 83 valence electrons. The SMILES string of the molecule is CC(C)N(C)C(C)C([O][Sn])C(F)(F)F. The van der Waals surface area contributed by atoms with Gasteiger partial charge in [-0.05, 0) is 0 Å². The molecule has 0 fully saturated rings. The number of rotatable bonds is 4. The van der Waals surface area contributed by atoms with Gasteiger partial charge in [0.05, 0.1) is 0 Å². The van der Waals surface area contributed by atoms with Gasteiger partial charge in [-0.25, -0.2) is 0 Å². The van der Waals surface area contributed by atoms with Gasteiger partial charge in [0.1, 0.15) is 0 Å². The average Bonchev–Trinajstić information content (AvgIpc) is 2.01. The molecule has 0 rings (SSSR count). The monoisotopic (exact) mass is 318 g/mol. The second-order valence-corrected chi connectivity index (χ2v) is 4.25. The molecule has 0 heterocycles. The van der Waals surface area contributed by atoms with Crippen LogP contribution in [-0.2, 0) is 3.07 Å². The summed E-state index contributed by atoms with van der Waals surface area (Å²) in [5.41, 5.74) is 0. The van der Waals surface area contributed by atoms with Gasteiger partial charge in [-0.15, -0.1) is 0 Å². The van der Waals surface area contributed by atoms with Crippen molar-refractivity contribution in [1.82, 2.24) is 4.90 Å². The first kappa shape index (κ1) is 14.5. The normalized spacial score (nSPS) is 17.6. The minimum atomic E-state index is -4.29. The molecule has 6 heteroatoms. The zero-order chi connectivity index (χ0) is 11.5. The van der Waals surface area contributed by atoms with E-state index in [0.29, 0.717) is 22.9 Å². The maximum atomic E-state index is 12.5. The Labute approximate surface area is 96.4 Å². The molecular formula is C8H15F3NOSn. The van der Waals surface area contributed by atoms with E-state index in [-0.39, 0.29) is 6.04 Å². The molecule has 0 aromatic carbocycles. The molecule has 0 amide bonds. The van der Waals surface area contributed by atoms with Crippen molar-refractivity contribution in [2.24, 2.45) is 0 Å². The van der Waals surface area contributed by atoms with Crippen LogP contribution in [0.3, 0.4) is 0 Å². The zero-order valence-corrected chi connectivity index (χ0v) is 11.6. The summed E-state index contributed by atoms with van der Waals surface area (Å²) >= 11 is 0.444. The number of alkyl halides is 3. The van der Waals surface area contributed by atoms with Crippen molar-refractivity contribution >= 4 is 22.9 Å². The molecule has 0 aromatic rings. The second kappa shape index (κ2) is 5.55. The molecule has 2 atom stereocenters. The summed E-state index contributed by atoms with van der Waals surface area (Å²) in [6.07, 6.45) is -5.97. The van der Waals surface area contributed by atoms with Gasteiger partial charge in [-0.3, -0.25) is 0 Å². The fraction of sp³-hybridized carbons (Fsp3) is 1.00. The Kier molecular flexibility index (Phi) is 5.76. The first-order valence-corrected chi connectivity index (χ1v) is 5.49. The molecule has 0 aromatic heterocycles. The Morgan fingerprint density at radius 1 is 1.21 bits per heavy atom. The molecule has 0 spiro atoms. The van der Waals surface area contributed by atoms with E-state index in [1.807, 2.05) is 13.8 Å². The molecule has 14 heavy (non-hydrogen) atoms. The number of likely N-dealkylation sites (N-methyl/N-ethyl adjacent to an activating group) is 1. The summed E-state index contributed by atoms with van der Waals surface area (Å²) in [4.78, 5) is 1.65. The van der Waals surface area contributed by atoms with Gasteiger partial charge in [0.25, 0.3) is 0 Å². The first-order chi connectivity index (χ1) is 6.21. The minimum absolute atomic E-state index is 0.0702. The van der Waals surface area contributed by atoms with Crippen molar-refractivity contribution in [3.63, 3.8) is 0 Å². The Balaban J connectivity index is 4.54.